The summed E-state index contributed by atoms with van der Waals surface area (Å²) in [7, 11) is 0. The van der Waals surface area contributed by atoms with Gasteiger partial charge in [-0.05, 0) is 32.3 Å². The van der Waals surface area contributed by atoms with Gasteiger partial charge in [-0.1, -0.05) is 30.3 Å². The summed E-state index contributed by atoms with van der Waals surface area (Å²) in [6.45, 7) is 4.72. The van der Waals surface area contributed by atoms with E-state index in [9.17, 15) is 0 Å². The molecule has 0 saturated carbocycles. The van der Waals surface area contributed by atoms with Crippen molar-refractivity contribution in [3.8, 4) is 0 Å². The molecule has 1 fully saturated rings. The van der Waals surface area contributed by atoms with E-state index in [0.29, 0.717) is 6.54 Å². The lowest BCUT2D eigenvalue weighted by molar-refractivity contribution is -0.120. The fraction of sp³-hybridized carbons (Fsp3) is 0.600. The Morgan fingerprint density at radius 2 is 1.83 bits per heavy atom. The molecule has 0 aliphatic carbocycles. The summed E-state index contributed by atoms with van der Waals surface area (Å²) < 4.78 is 11.9. The maximum atomic E-state index is 6.16. The zero-order valence-electron chi connectivity index (χ0n) is 11.2. The van der Waals surface area contributed by atoms with Crippen molar-refractivity contribution in [3.63, 3.8) is 0 Å². The molecule has 3 atom stereocenters. The molecule has 1 saturated heterocycles. The first kappa shape index (κ1) is 13.5. The fourth-order valence-corrected chi connectivity index (χ4v) is 2.63. The van der Waals surface area contributed by atoms with Gasteiger partial charge in [0.1, 0.15) is 0 Å². The zero-order valence-corrected chi connectivity index (χ0v) is 11.2. The third-order valence-corrected chi connectivity index (χ3v) is 3.40. The molecule has 1 heterocycles. The molecule has 1 aliphatic heterocycles. The minimum atomic E-state index is -0.00583. The number of hydrogen-bond acceptors (Lipinski definition) is 3. The van der Waals surface area contributed by atoms with Crippen LogP contribution in [0.5, 0.6) is 0 Å². The number of rotatable bonds is 4. The van der Waals surface area contributed by atoms with Crippen molar-refractivity contribution >= 4 is 0 Å². The van der Waals surface area contributed by atoms with Crippen LogP contribution in [-0.4, -0.2) is 24.9 Å². The molecule has 1 aliphatic rings. The molecule has 2 rings (SSSR count). The molecule has 0 aromatic heterocycles. The van der Waals surface area contributed by atoms with Gasteiger partial charge < -0.3 is 15.2 Å². The molecular weight excluding hydrogens is 226 g/mol. The second-order valence-corrected chi connectivity index (χ2v) is 5.12. The summed E-state index contributed by atoms with van der Waals surface area (Å²) in [5, 5.41) is 0. The van der Waals surface area contributed by atoms with Crippen LogP contribution in [0, 0.1) is 0 Å². The van der Waals surface area contributed by atoms with Crippen molar-refractivity contribution < 1.29 is 9.47 Å². The van der Waals surface area contributed by atoms with Crippen LogP contribution in [-0.2, 0) is 9.47 Å². The number of nitrogens with two attached hydrogens (primary N) is 1. The van der Waals surface area contributed by atoms with Gasteiger partial charge in [-0.25, -0.2) is 0 Å². The van der Waals surface area contributed by atoms with E-state index in [1.54, 1.807) is 0 Å². The average Bonchev–Trinajstić information content (AvgIpc) is 2.36. The van der Waals surface area contributed by atoms with Crippen LogP contribution in [0.3, 0.4) is 0 Å². The Morgan fingerprint density at radius 1 is 1.22 bits per heavy atom. The largest absolute Gasteiger partial charge is 0.375 e. The van der Waals surface area contributed by atoms with Crippen LogP contribution in [0.1, 0.15) is 38.4 Å². The van der Waals surface area contributed by atoms with Crippen molar-refractivity contribution in [1.82, 2.24) is 0 Å². The molecule has 3 nitrogen and oxygen atoms in total. The molecule has 100 valence electrons. The summed E-state index contributed by atoms with van der Waals surface area (Å²) in [5.74, 6) is 0. The average molecular weight is 249 g/mol. The van der Waals surface area contributed by atoms with Gasteiger partial charge in [0.2, 0.25) is 0 Å². The maximum Gasteiger partial charge on any atom is 0.0950 e. The predicted molar refractivity (Wildman–Crippen MR) is 72.4 cm³/mol. The quantitative estimate of drug-likeness (QED) is 0.892. The lowest BCUT2D eigenvalue weighted by Gasteiger charge is -2.34. The Hall–Kier alpha value is -0.900. The van der Waals surface area contributed by atoms with Crippen molar-refractivity contribution in [1.29, 1.82) is 0 Å². The fourth-order valence-electron chi connectivity index (χ4n) is 2.63. The Balaban J connectivity index is 1.98. The van der Waals surface area contributed by atoms with Crippen LogP contribution in [0.15, 0.2) is 30.3 Å². The normalized spacial score (nSPS) is 30.1. The molecule has 3 heteroatoms. The van der Waals surface area contributed by atoms with Crippen LogP contribution in [0.25, 0.3) is 0 Å². The Bertz CT molecular complexity index is 345. The topological polar surface area (TPSA) is 44.5 Å². The standard InChI is InChI=1S/C15H23NO2/c1-11-8-14(9-12(2)17-11)18-15(10-16)13-6-4-3-5-7-13/h3-7,11-12,14-15H,8-10,16H2,1-2H3. The van der Waals surface area contributed by atoms with Crippen LogP contribution >= 0.6 is 0 Å². The van der Waals surface area contributed by atoms with Crippen molar-refractivity contribution in [3.05, 3.63) is 35.9 Å². The first-order chi connectivity index (χ1) is 8.69. The van der Waals surface area contributed by atoms with Gasteiger partial charge in [0, 0.05) is 6.54 Å². The Morgan fingerprint density at radius 3 is 2.39 bits per heavy atom. The second-order valence-electron chi connectivity index (χ2n) is 5.12. The Labute approximate surface area is 109 Å². The summed E-state index contributed by atoms with van der Waals surface area (Å²) in [5.41, 5.74) is 6.99. The van der Waals surface area contributed by atoms with E-state index in [2.05, 4.69) is 26.0 Å². The summed E-state index contributed by atoms with van der Waals surface area (Å²) in [6.07, 6.45) is 2.69. The molecule has 2 N–H and O–H groups in total. The van der Waals surface area contributed by atoms with Crippen LogP contribution < -0.4 is 5.73 Å². The van der Waals surface area contributed by atoms with Crippen molar-refractivity contribution in [2.24, 2.45) is 5.73 Å². The van der Waals surface area contributed by atoms with Crippen LogP contribution in [0.4, 0.5) is 0 Å². The van der Waals surface area contributed by atoms with Gasteiger partial charge >= 0.3 is 0 Å². The zero-order chi connectivity index (χ0) is 13.0. The van der Waals surface area contributed by atoms with Crippen molar-refractivity contribution in [2.45, 2.75) is 51.1 Å². The van der Waals surface area contributed by atoms with Gasteiger partial charge in [0.25, 0.3) is 0 Å². The van der Waals surface area contributed by atoms with Gasteiger partial charge in [-0.3, -0.25) is 0 Å². The molecule has 0 radical (unpaired) electrons. The first-order valence-electron chi connectivity index (χ1n) is 6.75. The van der Waals surface area contributed by atoms with Crippen LogP contribution in [0.2, 0.25) is 0 Å². The van der Waals surface area contributed by atoms with Gasteiger partial charge in [-0.2, -0.15) is 0 Å². The SMILES string of the molecule is CC1CC(OC(CN)c2ccccc2)CC(C)O1. The summed E-state index contributed by atoms with van der Waals surface area (Å²) in [4.78, 5) is 0. The second kappa shape index (κ2) is 6.32. The van der Waals surface area contributed by atoms with E-state index < -0.39 is 0 Å². The molecule has 18 heavy (non-hydrogen) atoms. The number of hydrogen-bond donors (Lipinski definition) is 1. The predicted octanol–water partition coefficient (Wildman–Crippen LogP) is 2.66. The summed E-state index contributed by atoms with van der Waals surface area (Å²) >= 11 is 0. The highest BCUT2D eigenvalue weighted by molar-refractivity contribution is 5.17. The van der Waals surface area contributed by atoms with Gasteiger partial charge in [0.15, 0.2) is 0 Å². The lowest BCUT2D eigenvalue weighted by atomic mass is 10.0. The molecular formula is C15H23NO2. The molecule has 0 amide bonds. The van der Waals surface area contributed by atoms with E-state index in [-0.39, 0.29) is 24.4 Å². The van der Waals surface area contributed by atoms with Gasteiger partial charge in [0.05, 0.1) is 24.4 Å². The van der Waals surface area contributed by atoms with E-state index in [1.165, 1.54) is 0 Å². The monoisotopic (exact) mass is 249 g/mol. The highest BCUT2D eigenvalue weighted by atomic mass is 16.5. The smallest absolute Gasteiger partial charge is 0.0950 e. The minimum Gasteiger partial charge on any atom is -0.375 e. The molecule has 3 unspecified atom stereocenters. The number of ether oxygens (including phenoxy) is 2. The molecule has 1 aromatic carbocycles. The van der Waals surface area contributed by atoms with Crippen molar-refractivity contribution in [2.75, 3.05) is 6.54 Å². The number of benzene rings is 1. The molecule has 0 spiro atoms. The Kier molecular flexibility index (Phi) is 4.75. The summed E-state index contributed by atoms with van der Waals surface area (Å²) in [6, 6.07) is 10.2. The van der Waals surface area contributed by atoms with Gasteiger partial charge in [-0.15, -0.1) is 0 Å². The van der Waals surface area contributed by atoms with E-state index in [4.69, 9.17) is 15.2 Å². The highest BCUT2D eigenvalue weighted by Crippen LogP contribution is 2.27. The third-order valence-electron chi connectivity index (χ3n) is 3.40. The molecule has 0 bridgehead atoms. The van der Waals surface area contributed by atoms with E-state index >= 15 is 0 Å². The lowest BCUT2D eigenvalue weighted by Crippen LogP contribution is -2.35. The van der Waals surface area contributed by atoms with E-state index in [1.807, 2.05) is 18.2 Å². The minimum absolute atomic E-state index is 0.00583. The molecule has 1 aromatic rings. The highest BCUT2D eigenvalue weighted by Gasteiger charge is 2.27. The van der Waals surface area contributed by atoms with E-state index in [0.717, 1.165) is 18.4 Å². The first-order valence-corrected chi connectivity index (χ1v) is 6.75. The maximum absolute atomic E-state index is 6.16. The third kappa shape index (κ3) is 3.55.